The number of rotatable bonds is 1. The molecule has 0 aromatic carbocycles. The molecule has 4 heterocycles. The first-order chi connectivity index (χ1) is 10.7. The van der Waals surface area contributed by atoms with Crippen LogP contribution in [0, 0.1) is 0 Å². The van der Waals surface area contributed by atoms with E-state index in [-0.39, 0.29) is 17.7 Å². The van der Waals surface area contributed by atoms with Gasteiger partial charge in [-0.1, -0.05) is 0 Å². The van der Waals surface area contributed by atoms with Gasteiger partial charge in [0.1, 0.15) is 5.75 Å². The summed E-state index contributed by atoms with van der Waals surface area (Å²) in [7, 11) is 0. The van der Waals surface area contributed by atoms with Gasteiger partial charge in [-0.15, -0.1) is 0 Å². The van der Waals surface area contributed by atoms with Crippen molar-refractivity contribution in [1.29, 1.82) is 0 Å². The van der Waals surface area contributed by atoms with Gasteiger partial charge in [-0.2, -0.15) is 4.98 Å². The third-order valence-electron chi connectivity index (χ3n) is 3.44. The standard InChI is InChI=1S/C14H10N6O2/c15-13-17-5-2-8-10(7-1-4-18-14(22)19-7)11-9(21)3-6-16-12(11)20(8)13/h1-6H,(H2,15,17)(H,16,21)(H,18,19,22). The van der Waals surface area contributed by atoms with E-state index in [9.17, 15) is 10.2 Å². The molecule has 4 rings (SSSR count). The number of nitrogens with zero attached hydrogens (tertiary/aromatic N) is 5. The molecule has 22 heavy (non-hydrogen) atoms. The fraction of sp³-hybridized carbons (Fsp3) is 0. The molecule has 4 N–H and O–H groups in total. The second kappa shape index (κ2) is 4.29. The van der Waals surface area contributed by atoms with Crippen LogP contribution in [0.15, 0.2) is 36.8 Å². The summed E-state index contributed by atoms with van der Waals surface area (Å²) >= 11 is 0. The van der Waals surface area contributed by atoms with E-state index in [1.807, 2.05) is 0 Å². The first-order valence-corrected chi connectivity index (χ1v) is 6.42. The molecule has 0 atom stereocenters. The molecule has 108 valence electrons. The van der Waals surface area contributed by atoms with Crippen LogP contribution in [0.3, 0.4) is 0 Å². The Hall–Kier alpha value is -3.42. The number of anilines is 1. The van der Waals surface area contributed by atoms with Gasteiger partial charge >= 0.3 is 6.01 Å². The Balaban J connectivity index is 2.27. The third kappa shape index (κ3) is 1.57. The normalized spacial score (nSPS) is 11.3. The second-order valence-corrected chi connectivity index (χ2v) is 4.67. The van der Waals surface area contributed by atoms with Crippen molar-refractivity contribution in [3.8, 4) is 23.0 Å². The minimum Gasteiger partial charge on any atom is -0.507 e. The van der Waals surface area contributed by atoms with Crippen LogP contribution < -0.4 is 5.73 Å². The van der Waals surface area contributed by atoms with E-state index in [0.717, 1.165) is 0 Å². The van der Waals surface area contributed by atoms with E-state index in [1.165, 1.54) is 18.5 Å². The number of nitrogen functional groups attached to an aromatic ring is 1. The molecule has 0 fully saturated rings. The maximum absolute atomic E-state index is 10.3. The summed E-state index contributed by atoms with van der Waals surface area (Å²) in [6.45, 7) is 0. The van der Waals surface area contributed by atoms with Crippen molar-refractivity contribution in [3.05, 3.63) is 36.8 Å². The van der Waals surface area contributed by atoms with Gasteiger partial charge in [0.05, 0.1) is 16.6 Å². The summed E-state index contributed by atoms with van der Waals surface area (Å²) in [5.41, 5.74) is 8.14. The van der Waals surface area contributed by atoms with Crippen molar-refractivity contribution in [2.45, 2.75) is 0 Å². The summed E-state index contributed by atoms with van der Waals surface area (Å²) in [5.74, 6) is 0.284. The molecule has 0 amide bonds. The van der Waals surface area contributed by atoms with Crippen molar-refractivity contribution in [2.75, 3.05) is 5.73 Å². The predicted molar refractivity (Wildman–Crippen MR) is 79.3 cm³/mol. The molecular formula is C14H10N6O2. The van der Waals surface area contributed by atoms with E-state index in [4.69, 9.17) is 5.73 Å². The molecule has 0 aliphatic heterocycles. The van der Waals surface area contributed by atoms with E-state index in [2.05, 4.69) is 19.9 Å². The zero-order chi connectivity index (χ0) is 15.3. The number of fused-ring (bicyclic) bond motifs is 3. The number of nitrogens with two attached hydrogens (primary N) is 1. The van der Waals surface area contributed by atoms with Crippen LogP contribution >= 0.6 is 0 Å². The summed E-state index contributed by atoms with van der Waals surface area (Å²) < 4.78 is 1.63. The van der Waals surface area contributed by atoms with Gasteiger partial charge < -0.3 is 15.9 Å². The first kappa shape index (κ1) is 12.3. The molecule has 8 nitrogen and oxygen atoms in total. The van der Waals surface area contributed by atoms with Gasteiger partial charge in [0.25, 0.3) is 0 Å². The maximum atomic E-state index is 10.3. The van der Waals surface area contributed by atoms with Crippen molar-refractivity contribution >= 4 is 22.5 Å². The van der Waals surface area contributed by atoms with Crippen LogP contribution in [0.2, 0.25) is 0 Å². The van der Waals surface area contributed by atoms with Gasteiger partial charge in [0.15, 0.2) is 5.65 Å². The predicted octanol–water partition coefficient (Wildman–Crippen LogP) is 1.33. The number of aromatic nitrogens is 5. The molecule has 0 saturated carbocycles. The van der Waals surface area contributed by atoms with Crippen molar-refractivity contribution in [1.82, 2.24) is 24.3 Å². The quantitative estimate of drug-likeness (QED) is 0.484. The topological polar surface area (TPSA) is 122 Å². The monoisotopic (exact) mass is 294 g/mol. The molecule has 4 aromatic heterocycles. The van der Waals surface area contributed by atoms with Crippen LogP contribution in [-0.4, -0.2) is 34.5 Å². The summed E-state index contributed by atoms with van der Waals surface area (Å²) in [6.07, 6.45) is 4.48. The Labute approximate surface area is 123 Å². The molecule has 0 spiro atoms. The highest BCUT2D eigenvalue weighted by Crippen LogP contribution is 2.39. The molecular weight excluding hydrogens is 284 g/mol. The van der Waals surface area contributed by atoms with Gasteiger partial charge in [0, 0.05) is 24.2 Å². The average molecular weight is 294 g/mol. The van der Waals surface area contributed by atoms with Crippen LogP contribution in [0.4, 0.5) is 5.95 Å². The highest BCUT2D eigenvalue weighted by molar-refractivity contribution is 6.06. The Morgan fingerprint density at radius 2 is 1.73 bits per heavy atom. The number of hydrogen-bond acceptors (Lipinski definition) is 7. The minimum atomic E-state index is -0.351. The lowest BCUT2D eigenvalue weighted by atomic mass is 10.1. The first-order valence-electron chi connectivity index (χ1n) is 6.42. The maximum Gasteiger partial charge on any atom is 0.314 e. The van der Waals surface area contributed by atoms with E-state index >= 15 is 0 Å². The van der Waals surface area contributed by atoms with E-state index < -0.39 is 0 Å². The zero-order valence-electron chi connectivity index (χ0n) is 11.2. The van der Waals surface area contributed by atoms with Crippen molar-refractivity contribution < 1.29 is 10.2 Å². The molecule has 0 bridgehead atoms. The number of hydrogen-bond donors (Lipinski definition) is 3. The SMILES string of the molecule is Nc1nccc2c(-c3ccnc(O)n3)c3c(O)ccnc3n12. The van der Waals surface area contributed by atoms with Gasteiger partial charge in [0.2, 0.25) is 5.95 Å². The fourth-order valence-electron chi connectivity index (χ4n) is 2.58. The van der Waals surface area contributed by atoms with Crippen LogP contribution in [-0.2, 0) is 0 Å². The van der Waals surface area contributed by atoms with Crippen LogP contribution in [0.5, 0.6) is 11.8 Å². The van der Waals surface area contributed by atoms with Gasteiger partial charge in [-0.05, 0) is 18.2 Å². The molecule has 0 radical (unpaired) electrons. The average Bonchev–Trinajstić information content (AvgIpc) is 2.84. The lowest BCUT2D eigenvalue weighted by Crippen LogP contribution is -1.99. The molecule has 0 unspecified atom stereocenters. The molecule has 0 aliphatic carbocycles. The Morgan fingerprint density at radius 3 is 2.55 bits per heavy atom. The fourth-order valence-corrected chi connectivity index (χ4v) is 2.58. The van der Waals surface area contributed by atoms with Gasteiger partial charge in [-0.25, -0.2) is 15.0 Å². The largest absolute Gasteiger partial charge is 0.507 e. The lowest BCUT2D eigenvalue weighted by molar-refractivity contribution is 0.431. The molecule has 0 aliphatic rings. The van der Waals surface area contributed by atoms with Crippen LogP contribution in [0.1, 0.15) is 0 Å². The summed E-state index contributed by atoms with van der Waals surface area (Å²) in [5, 5.41) is 20.3. The van der Waals surface area contributed by atoms with E-state index in [1.54, 1.807) is 22.7 Å². The van der Waals surface area contributed by atoms with E-state index in [0.29, 0.717) is 27.8 Å². The highest BCUT2D eigenvalue weighted by atomic mass is 16.3. The third-order valence-corrected chi connectivity index (χ3v) is 3.44. The van der Waals surface area contributed by atoms with Crippen LogP contribution in [0.25, 0.3) is 27.8 Å². The smallest absolute Gasteiger partial charge is 0.314 e. The Bertz CT molecular complexity index is 1030. The molecule has 0 saturated heterocycles. The summed E-state index contributed by atoms with van der Waals surface area (Å²) in [6, 6.07) is 4.51. The van der Waals surface area contributed by atoms with Gasteiger partial charge in [-0.3, -0.25) is 4.40 Å². The number of aromatic hydroxyl groups is 2. The summed E-state index contributed by atoms with van der Waals surface area (Å²) in [4.78, 5) is 16.0. The molecule has 4 aromatic rings. The zero-order valence-corrected chi connectivity index (χ0v) is 11.2. The van der Waals surface area contributed by atoms with Crippen molar-refractivity contribution in [3.63, 3.8) is 0 Å². The minimum absolute atomic E-state index is 0.0428. The van der Waals surface area contributed by atoms with Crippen molar-refractivity contribution in [2.24, 2.45) is 0 Å². The number of pyridine rings is 1. The highest BCUT2D eigenvalue weighted by Gasteiger charge is 2.20. The lowest BCUT2D eigenvalue weighted by Gasteiger charge is -2.02. The second-order valence-electron chi connectivity index (χ2n) is 4.67. The molecule has 8 heteroatoms. The Morgan fingerprint density at radius 1 is 0.955 bits per heavy atom. The Kier molecular flexibility index (Phi) is 2.40.